The van der Waals surface area contributed by atoms with Crippen LogP contribution in [-0.4, -0.2) is 38.3 Å². The predicted molar refractivity (Wildman–Crippen MR) is 103 cm³/mol. The van der Waals surface area contributed by atoms with Gasteiger partial charge in [-0.1, -0.05) is 30.3 Å². The van der Waals surface area contributed by atoms with E-state index in [0.29, 0.717) is 37.2 Å². The Morgan fingerprint density at radius 2 is 1.96 bits per heavy atom. The van der Waals surface area contributed by atoms with Gasteiger partial charge in [0.15, 0.2) is 0 Å². The lowest BCUT2D eigenvalue weighted by Crippen LogP contribution is -2.45. The molecule has 2 aromatic rings. The lowest BCUT2D eigenvalue weighted by Gasteiger charge is -2.24. The minimum Gasteiger partial charge on any atom is -0.497 e. The van der Waals surface area contributed by atoms with Crippen LogP contribution in [0.4, 0.5) is 0 Å². The molecular weight excluding hydrogens is 364 g/mol. The quantitative estimate of drug-likeness (QED) is 0.825. The number of benzene rings is 2. The third-order valence-corrected chi connectivity index (χ3v) is 6.85. The highest BCUT2D eigenvalue weighted by Gasteiger charge is 2.39. The third-order valence-electron chi connectivity index (χ3n) is 4.78. The summed E-state index contributed by atoms with van der Waals surface area (Å²) in [7, 11) is -2.22. The van der Waals surface area contributed by atoms with Gasteiger partial charge in [0.25, 0.3) is 0 Å². The van der Waals surface area contributed by atoms with Crippen LogP contribution in [0.5, 0.6) is 5.75 Å². The number of hydrogen-bond acceptors (Lipinski definition) is 4. The molecule has 1 aliphatic rings. The van der Waals surface area contributed by atoms with E-state index in [-0.39, 0.29) is 10.8 Å². The van der Waals surface area contributed by atoms with Gasteiger partial charge >= 0.3 is 0 Å². The smallest absolute Gasteiger partial charge is 0.244 e. The summed E-state index contributed by atoms with van der Waals surface area (Å²) >= 11 is 0. The summed E-state index contributed by atoms with van der Waals surface area (Å²) in [5, 5.41) is 2.86. The molecule has 0 radical (unpaired) electrons. The van der Waals surface area contributed by atoms with Crippen molar-refractivity contribution in [2.45, 2.75) is 37.2 Å². The van der Waals surface area contributed by atoms with E-state index in [1.54, 1.807) is 25.1 Å². The van der Waals surface area contributed by atoms with Gasteiger partial charge in [-0.15, -0.1) is 0 Å². The van der Waals surface area contributed by atoms with Crippen LogP contribution < -0.4 is 10.1 Å². The summed E-state index contributed by atoms with van der Waals surface area (Å²) in [5.41, 5.74) is 1.58. The van der Waals surface area contributed by atoms with E-state index in [4.69, 9.17) is 4.74 Å². The number of nitrogens with one attached hydrogen (secondary N) is 1. The maximum Gasteiger partial charge on any atom is 0.244 e. The molecule has 1 fully saturated rings. The van der Waals surface area contributed by atoms with Crippen LogP contribution in [0.1, 0.15) is 24.0 Å². The fourth-order valence-corrected chi connectivity index (χ4v) is 5.22. The SMILES string of the molecule is COc1ccc(S(=O)(=O)N2CCC[C@@H]2C(=O)NCc2ccccc2)c(C)c1. The molecule has 1 aliphatic heterocycles. The zero-order chi connectivity index (χ0) is 19.4. The van der Waals surface area contributed by atoms with Crippen molar-refractivity contribution >= 4 is 15.9 Å². The molecule has 2 aromatic carbocycles. The Labute approximate surface area is 160 Å². The zero-order valence-electron chi connectivity index (χ0n) is 15.5. The normalized spacial score (nSPS) is 17.6. The number of carbonyl (C=O) groups excluding carboxylic acids is 1. The van der Waals surface area contributed by atoms with Crippen LogP contribution in [-0.2, 0) is 21.4 Å². The first-order valence-electron chi connectivity index (χ1n) is 8.91. The molecule has 1 atom stereocenters. The van der Waals surface area contributed by atoms with Crippen molar-refractivity contribution in [3.63, 3.8) is 0 Å². The molecule has 0 spiro atoms. The van der Waals surface area contributed by atoms with E-state index in [1.807, 2.05) is 30.3 Å². The molecule has 144 valence electrons. The largest absolute Gasteiger partial charge is 0.497 e. The van der Waals surface area contributed by atoms with Gasteiger partial charge in [0.1, 0.15) is 11.8 Å². The monoisotopic (exact) mass is 388 g/mol. The molecular formula is C20H24N2O4S. The Morgan fingerprint density at radius 3 is 2.63 bits per heavy atom. The van der Waals surface area contributed by atoms with Gasteiger partial charge in [0, 0.05) is 13.1 Å². The topological polar surface area (TPSA) is 75.7 Å². The molecule has 0 bridgehead atoms. The molecule has 7 heteroatoms. The van der Waals surface area contributed by atoms with Crippen LogP contribution in [0.15, 0.2) is 53.4 Å². The van der Waals surface area contributed by atoms with E-state index in [9.17, 15) is 13.2 Å². The van der Waals surface area contributed by atoms with E-state index in [2.05, 4.69) is 5.32 Å². The van der Waals surface area contributed by atoms with Gasteiger partial charge in [0.2, 0.25) is 15.9 Å². The van der Waals surface area contributed by atoms with E-state index in [0.717, 1.165) is 5.56 Å². The summed E-state index contributed by atoms with van der Waals surface area (Å²) in [6, 6.07) is 13.7. The number of carbonyl (C=O) groups is 1. The number of hydrogen-bond donors (Lipinski definition) is 1. The Morgan fingerprint density at radius 1 is 1.22 bits per heavy atom. The standard InChI is InChI=1S/C20H24N2O4S/c1-15-13-17(26-2)10-11-19(15)27(24,25)22-12-6-9-18(22)20(23)21-14-16-7-4-3-5-8-16/h3-5,7-8,10-11,13,18H,6,9,12,14H2,1-2H3,(H,21,23)/t18-/m1/s1. The van der Waals surface area contributed by atoms with Crippen LogP contribution in [0.25, 0.3) is 0 Å². The third kappa shape index (κ3) is 4.14. The Hall–Kier alpha value is -2.38. The molecule has 1 N–H and O–H groups in total. The molecule has 1 heterocycles. The maximum absolute atomic E-state index is 13.1. The molecule has 0 saturated carbocycles. The minimum absolute atomic E-state index is 0.214. The summed E-state index contributed by atoms with van der Waals surface area (Å²) in [5.74, 6) is 0.344. The second kappa shape index (κ2) is 8.10. The van der Waals surface area contributed by atoms with Gasteiger partial charge in [-0.2, -0.15) is 4.31 Å². The van der Waals surface area contributed by atoms with Crippen LogP contribution in [0, 0.1) is 6.92 Å². The van der Waals surface area contributed by atoms with Crippen LogP contribution >= 0.6 is 0 Å². The lowest BCUT2D eigenvalue weighted by atomic mass is 10.2. The molecule has 6 nitrogen and oxygen atoms in total. The van der Waals surface area contributed by atoms with Gasteiger partial charge in [0.05, 0.1) is 12.0 Å². The first kappa shape index (κ1) is 19.4. The number of ether oxygens (including phenoxy) is 1. The Kier molecular flexibility index (Phi) is 5.82. The molecule has 0 aliphatic carbocycles. The van der Waals surface area contributed by atoms with Crippen molar-refractivity contribution in [3.8, 4) is 5.75 Å². The first-order chi connectivity index (χ1) is 12.9. The molecule has 0 aromatic heterocycles. The zero-order valence-corrected chi connectivity index (χ0v) is 16.3. The average Bonchev–Trinajstić information content (AvgIpc) is 3.17. The highest BCUT2D eigenvalue weighted by Crippen LogP contribution is 2.29. The molecule has 3 rings (SSSR count). The van der Waals surface area contributed by atoms with Crippen molar-refractivity contribution in [2.75, 3.05) is 13.7 Å². The fourth-order valence-electron chi connectivity index (χ4n) is 3.36. The van der Waals surface area contributed by atoms with E-state index < -0.39 is 16.1 Å². The maximum atomic E-state index is 13.1. The summed E-state index contributed by atoms with van der Waals surface area (Å²) in [6.45, 7) is 2.46. The van der Waals surface area contributed by atoms with E-state index in [1.165, 1.54) is 11.4 Å². The second-order valence-electron chi connectivity index (χ2n) is 6.61. The summed E-state index contributed by atoms with van der Waals surface area (Å²) < 4.78 is 32.8. The van der Waals surface area contributed by atoms with Crippen LogP contribution in [0.2, 0.25) is 0 Å². The number of amides is 1. The molecule has 1 saturated heterocycles. The minimum atomic E-state index is -3.75. The lowest BCUT2D eigenvalue weighted by molar-refractivity contribution is -0.124. The fraction of sp³-hybridized carbons (Fsp3) is 0.350. The predicted octanol–water partition coefficient (Wildman–Crippen LogP) is 2.47. The van der Waals surface area contributed by atoms with Gasteiger partial charge < -0.3 is 10.1 Å². The van der Waals surface area contributed by atoms with E-state index >= 15 is 0 Å². The number of methoxy groups -OCH3 is 1. The van der Waals surface area contributed by atoms with Crippen molar-refractivity contribution in [2.24, 2.45) is 0 Å². The highest BCUT2D eigenvalue weighted by atomic mass is 32.2. The second-order valence-corrected chi connectivity index (χ2v) is 8.47. The van der Waals surface area contributed by atoms with Gasteiger partial charge in [-0.25, -0.2) is 8.42 Å². The number of nitrogens with zero attached hydrogens (tertiary/aromatic N) is 1. The molecule has 0 unspecified atom stereocenters. The molecule has 1 amide bonds. The average molecular weight is 388 g/mol. The van der Waals surface area contributed by atoms with Crippen molar-refractivity contribution in [1.82, 2.24) is 9.62 Å². The first-order valence-corrected chi connectivity index (χ1v) is 10.4. The highest BCUT2D eigenvalue weighted by molar-refractivity contribution is 7.89. The van der Waals surface area contributed by atoms with Crippen molar-refractivity contribution < 1.29 is 17.9 Å². The number of sulfonamides is 1. The van der Waals surface area contributed by atoms with Crippen LogP contribution in [0.3, 0.4) is 0 Å². The molecule has 27 heavy (non-hydrogen) atoms. The summed E-state index contributed by atoms with van der Waals surface area (Å²) in [4.78, 5) is 12.9. The van der Waals surface area contributed by atoms with Gasteiger partial charge in [-0.3, -0.25) is 4.79 Å². The number of rotatable bonds is 6. The van der Waals surface area contributed by atoms with Crippen molar-refractivity contribution in [1.29, 1.82) is 0 Å². The summed E-state index contributed by atoms with van der Waals surface area (Å²) in [6.07, 6.45) is 1.19. The Balaban J connectivity index is 1.77. The van der Waals surface area contributed by atoms with Crippen molar-refractivity contribution in [3.05, 3.63) is 59.7 Å². The van der Waals surface area contributed by atoms with Gasteiger partial charge in [-0.05, 0) is 49.1 Å². The Bertz CT molecular complexity index is 913. The number of aryl methyl sites for hydroxylation is 1.